The number of nitrogens with zero attached hydrogens (tertiary/aromatic N) is 2. The second kappa shape index (κ2) is 6.39. The number of carbonyl (C=O) groups is 1. The molecule has 0 atom stereocenters. The predicted molar refractivity (Wildman–Crippen MR) is 83.5 cm³/mol. The number of benzene rings is 1. The minimum Gasteiger partial charge on any atom is -0.446 e. The molecule has 3 aromatic rings. The number of amides is 1. The Morgan fingerprint density at radius 3 is 2.40 bits per heavy atom. The highest BCUT2D eigenvalue weighted by molar-refractivity contribution is 6.04. The fraction of sp³-hybridized carbons (Fsp3) is 0.118. The number of hydrogen-bond acceptors (Lipinski definition) is 4. The maximum atomic E-state index is 13.6. The summed E-state index contributed by atoms with van der Waals surface area (Å²) in [6.45, 7) is 3.46. The summed E-state index contributed by atoms with van der Waals surface area (Å²) in [5, 5.41) is 2.23. The molecule has 1 aromatic carbocycles. The van der Waals surface area contributed by atoms with Crippen molar-refractivity contribution >= 4 is 11.7 Å². The lowest BCUT2D eigenvalue weighted by molar-refractivity contribution is 0.101. The second-order valence-corrected chi connectivity index (χ2v) is 5.24. The lowest BCUT2D eigenvalue weighted by Gasteiger charge is -2.07. The third-order valence-corrected chi connectivity index (χ3v) is 3.45. The van der Waals surface area contributed by atoms with Crippen LogP contribution in [0.5, 0.6) is 0 Å². The summed E-state index contributed by atoms with van der Waals surface area (Å²) in [6.07, 6.45) is 1.43. The largest absolute Gasteiger partial charge is 0.446 e. The van der Waals surface area contributed by atoms with Crippen LogP contribution in [0.1, 0.15) is 22.0 Å². The molecule has 0 radical (unpaired) electrons. The molecular weight excluding hydrogens is 335 g/mol. The van der Waals surface area contributed by atoms with Gasteiger partial charge >= 0.3 is 0 Å². The van der Waals surface area contributed by atoms with Gasteiger partial charge in [0.05, 0.1) is 0 Å². The van der Waals surface area contributed by atoms with Gasteiger partial charge < -0.3 is 9.73 Å². The van der Waals surface area contributed by atoms with Crippen LogP contribution < -0.4 is 5.32 Å². The smallest absolute Gasteiger partial charge is 0.262 e. The van der Waals surface area contributed by atoms with E-state index in [9.17, 15) is 18.0 Å². The van der Waals surface area contributed by atoms with Gasteiger partial charge in [-0.25, -0.2) is 23.1 Å². The maximum Gasteiger partial charge on any atom is 0.262 e. The summed E-state index contributed by atoms with van der Waals surface area (Å²) in [5.41, 5.74) is 0.245. The molecule has 0 aliphatic heterocycles. The monoisotopic (exact) mass is 347 g/mol. The number of oxazole rings is 1. The summed E-state index contributed by atoms with van der Waals surface area (Å²) < 4.78 is 45.8. The molecule has 0 unspecified atom stereocenters. The lowest BCUT2D eigenvalue weighted by atomic mass is 10.1. The van der Waals surface area contributed by atoms with E-state index in [1.165, 1.54) is 12.3 Å². The Balaban J connectivity index is 1.84. The average molecular weight is 347 g/mol. The topological polar surface area (TPSA) is 68.0 Å². The normalized spacial score (nSPS) is 10.8. The predicted octanol–water partition coefficient (Wildman–Crippen LogP) is 4.02. The average Bonchev–Trinajstić information content (AvgIpc) is 2.90. The van der Waals surface area contributed by atoms with Crippen molar-refractivity contribution < 1.29 is 22.4 Å². The van der Waals surface area contributed by atoms with Crippen molar-refractivity contribution in [2.45, 2.75) is 13.8 Å². The molecule has 5 nitrogen and oxygen atoms in total. The SMILES string of the molecule is Cc1nc(-c2ccc(NC(=O)c3c(F)ccc(F)c3F)nc2)c(C)o1. The number of aryl methyl sites for hydroxylation is 2. The van der Waals surface area contributed by atoms with Crippen LogP contribution >= 0.6 is 0 Å². The molecule has 1 N–H and O–H groups in total. The molecule has 2 aromatic heterocycles. The van der Waals surface area contributed by atoms with Crippen molar-refractivity contribution in [1.82, 2.24) is 9.97 Å². The molecule has 25 heavy (non-hydrogen) atoms. The summed E-state index contributed by atoms with van der Waals surface area (Å²) in [6, 6.07) is 4.34. The van der Waals surface area contributed by atoms with Gasteiger partial charge in [-0.15, -0.1) is 0 Å². The molecular formula is C17H12F3N3O2. The minimum atomic E-state index is -1.55. The second-order valence-electron chi connectivity index (χ2n) is 5.24. The maximum absolute atomic E-state index is 13.6. The van der Waals surface area contributed by atoms with Crippen molar-refractivity contribution in [2.75, 3.05) is 5.32 Å². The van der Waals surface area contributed by atoms with Gasteiger partial charge in [0, 0.05) is 18.7 Å². The van der Waals surface area contributed by atoms with E-state index in [1.54, 1.807) is 19.9 Å². The van der Waals surface area contributed by atoms with E-state index in [1.807, 2.05) is 0 Å². The molecule has 8 heteroatoms. The zero-order chi connectivity index (χ0) is 18.1. The molecule has 3 rings (SSSR count). The van der Waals surface area contributed by atoms with Gasteiger partial charge in [0.15, 0.2) is 17.5 Å². The van der Waals surface area contributed by atoms with E-state index in [-0.39, 0.29) is 5.82 Å². The van der Waals surface area contributed by atoms with Crippen LogP contribution in [-0.2, 0) is 0 Å². The van der Waals surface area contributed by atoms with Gasteiger partial charge in [-0.1, -0.05) is 0 Å². The van der Waals surface area contributed by atoms with Crippen LogP contribution in [0.4, 0.5) is 19.0 Å². The van der Waals surface area contributed by atoms with Crippen LogP contribution in [0.15, 0.2) is 34.9 Å². The number of rotatable bonds is 3. The first-order chi connectivity index (χ1) is 11.9. The molecule has 2 heterocycles. The zero-order valence-corrected chi connectivity index (χ0v) is 13.2. The summed E-state index contributed by atoms with van der Waals surface area (Å²) >= 11 is 0. The van der Waals surface area contributed by atoms with Gasteiger partial charge in [0.2, 0.25) is 0 Å². The van der Waals surface area contributed by atoms with Crippen molar-refractivity contribution in [3.63, 3.8) is 0 Å². The molecule has 128 valence electrons. The third-order valence-electron chi connectivity index (χ3n) is 3.45. The Morgan fingerprint density at radius 2 is 1.80 bits per heavy atom. The number of aromatic nitrogens is 2. The number of nitrogens with one attached hydrogen (secondary N) is 1. The molecule has 0 saturated heterocycles. The number of halogens is 3. The number of pyridine rings is 1. The van der Waals surface area contributed by atoms with E-state index < -0.39 is 28.9 Å². The quantitative estimate of drug-likeness (QED) is 0.727. The van der Waals surface area contributed by atoms with E-state index >= 15 is 0 Å². The lowest BCUT2D eigenvalue weighted by Crippen LogP contribution is -2.17. The minimum absolute atomic E-state index is 0.0506. The Bertz CT molecular complexity index is 953. The zero-order valence-electron chi connectivity index (χ0n) is 13.2. The first-order valence-corrected chi connectivity index (χ1v) is 7.22. The summed E-state index contributed by atoms with van der Waals surface area (Å²) in [7, 11) is 0. The van der Waals surface area contributed by atoms with Gasteiger partial charge in [0.25, 0.3) is 5.91 Å². The molecule has 0 fully saturated rings. The van der Waals surface area contributed by atoms with Gasteiger partial charge in [0.1, 0.15) is 28.7 Å². The summed E-state index contributed by atoms with van der Waals surface area (Å²) in [4.78, 5) is 20.2. The van der Waals surface area contributed by atoms with Gasteiger partial charge in [-0.3, -0.25) is 4.79 Å². The number of carbonyl (C=O) groups excluding carboxylic acids is 1. The highest BCUT2D eigenvalue weighted by Gasteiger charge is 2.21. The van der Waals surface area contributed by atoms with E-state index in [2.05, 4.69) is 15.3 Å². The highest BCUT2D eigenvalue weighted by atomic mass is 19.2. The molecule has 0 saturated carbocycles. The van der Waals surface area contributed by atoms with Crippen LogP contribution in [0.3, 0.4) is 0 Å². The summed E-state index contributed by atoms with van der Waals surface area (Å²) in [5.74, 6) is -4.00. The van der Waals surface area contributed by atoms with E-state index in [4.69, 9.17) is 4.42 Å². The molecule has 1 amide bonds. The van der Waals surface area contributed by atoms with Crippen molar-refractivity contribution in [3.8, 4) is 11.3 Å². The number of anilines is 1. The molecule has 0 spiro atoms. The van der Waals surface area contributed by atoms with Crippen LogP contribution in [0.2, 0.25) is 0 Å². The molecule has 0 aliphatic rings. The van der Waals surface area contributed by atoms with Crippen LogP contribution in [0.25, 0.3) is 11.3 Å². The van der Waals surface area contributed by atoms with Crippen molar-refractivity contribution in [2.24, 2.45) is 0 Å². The van der Waals surface area contributed by atoms with Crippen molar-refractivity contribution in [1.29, 1.82) is 0 Å². The fourth-order valence-electron chi connectivity index (χ4n) is 2.32. The Labute approximate surface area is 140 Å². The fourth-order valence-corrected chi connectivity index (χ4v) is 2.32. The first-order valence-electron chi connectivity index (χ1n) is 7.22. The molecule has 0 aliphatic carbocycles. The standard InChI is InChI=1S/C17H12F3N3O2/c1-8-16(22-9(2)25-8)10-3-6-13(21-7-10)23-17(24)14-11(18)4-5-12(19)15(14)20/h3-7H,1-2H3,(H,21,23,24). The van der Waals surface area contributed by atoms with Crippen molar-refractivity contribution in [3.05, 3.63) is 65.1 Å². The van der Waals surface area contributed by atoms with E-state index in [0.29, 0.717) is 35.0 Å². The Hall–Kier alpha value is -3.16. The van der Waals surface area contributed by atoms with Crippen LogP contribution in [0, 0.1) is 31.3 Å². The van der Waals surface area contributed by atoms with Gasteiger partial charge in [-0.05, 0) is 31.2 Å². The van der Waals surface area contributed by atoms with Gasteiger partial charge in [-0.2, -0.15) is 0 Å². The Morgan fingerprint density at radius 1 is 1.08 bits per heavy atom. The van der Waals surface area contributed by atoms with Crippen LogP contribution in [-0.4, -0.2) is 15.9 Å². The first kappa shape index (κ1) is 16.7. The highest BCUT2D eigenvalue weighted by Crippen LogP contribution is 2.24. The number of hydrogen-bond donors (Lipinski definition) is 1. The van der Waals surface area contributed by atoms with E-state index in [0.717, 1.165) is 0 Å². The Kier molecular flexibility index (Phi) is 4.26. The molecule has 0 bridgehead atoms. The third kappa shape index (κ3) is 3.23.